The second-order valence-electron chi connectivity index (χ2n) is 3.60. The van der Waals surface area contributed by atoms with Crippen LogP contribution < -0.4 is 4.90 Å². The quantitative estimate of drug-likeness (QED) is 0.536. The fraction of sp³-hybridized carbons (Fsp3) is 0.400. The van der Waals surface area contributed by atoms with E-state index in [1.54, 1.807) is 25.9 Å². The lowest BCUT2D eigenvalue weighted by atomic mass is 10.1. The summed E-state index contributed by atoms with van der Waals surface area (Å²) in [5.74, 6) is 0. The maximum atomic E-state index is 10.8. The van der Waals surface area contributed by atoms with Crippen LogP contribution in [0.3, 0.4) is 0 Å². The number of rotatable bonds is 2. The van der Waals surface area contributed by atoms with Crippen molar-refractivity contribution in [3.8, 4) is 0 Å². The van der Waals surface area contributed by atoms with Gasteiger partial charge in [-0.05, 0) is 31.5 Å². The van der Waals surface area contributed by atoms with Gasteiger partial charge in [-0.2, -0.15) is 0 Å². The van der Waals surface area contributed by atoms with Crippen molar-refractivity contribution in [2.45, 2.75) is 13.8 Å². The van der Waals surface area contributed by atoms with Crippen LogP contribution >= 0.6 is 0 Å². The first-order chi connectivity index (χ1) is 6.43. The Labute approximate surface area is 83.3 Å². The highest BCUT2D eigenvalue weighted by atomic mass is 16.6. The maximum Gasteiger partial charge on any atom is 0.295 e. The van der Waals surface area contributed by atoms with Crippen LogP contribution in [0.1, 0.15) is 11.1 Å². The molecule has 14 heavy (non-hydrogen) atoms. The molecule has 0 N–H and O–H groups in total. The molecule has 0 aliphatic carbocycles. The molecule has 1 rings (SSSR count). The van der Waals surface area contributed by atoms with Crippen molar-refractivity contribution in [3.05, 3.63) is 33.4 Å². The van der Waals surface area contributed by atoms with Gasteiger partial charge in [0.1, 0.15) is 5.69 Å². The number of hydrogen-bond acceptors (Lipinski definition) is 3. The highest BCUT2D eigenvalue weighted by molar-refractivity contribution is 5.67. The predicted octanol–water partition coefficient (Wildman–Crippen LogP) is 2.28. The number of anilines is 1. The molecule has 0 amide bonds. The molecule has 0 bridgehead atoms. The van der Waals surface area contributed by atoms with Gasteiger partial charge in [0, 0.05) is 19.7 Å². The van der Waals surface area contributed by atoms with Crippen molar-refractivity contribution >= 4 is 11.4 Å². The smallest absolute Gasteiger partial charge is 0.295 e. The molecular weight excluding hydrogens is 180 g/mol. The lowest BCUT2D eigenvalue weighted by molar-refractivity contribution is -0.384. The summed E-state index contributed by atoms with van der Waals surface area (Å²) < 4.78 is 0. The molecule has 0 saturated heterocycles. The lowest BCUT2D eigenvalue weighted by Gasteiger charge is -2.14. The standard InChI is InChI=1S/C10H14N2O2/c1-7-5-8(2)10(12(13)14)9(6-7)11(3)4/h5-6H,1-4H3. The molecule has 0 radical (unpaired) electrons. The van der Waals surface area contributed by atoms with Crippen molar-refractivity contribution in [3.63, 3.8) is 0 Å². The van der Waals surface area contributed by atoms with Crippen LogP contribution in [-0.4, -0.2) is 19.0 Å². The van der Waals surface area contributed by atoms with Crippen molar-refractivity contribution in [2.24, 2.45) is 0 Å². The highest BCUT2D eigenvalue weighted by Crippen LogP contribution is 2.31. The highest BCUT2D eigenvalue weighted by Gasteiger charge is 2.18. The minimum absolute atomic E-state index is 0.195. The molecule has 4 nitrogen and oxygen atoms in total. The minimum atomic E-state index is -0.329. The van der Waals surface area contributed by atoms with E-state index < -0.39 is 0 Å². The average Bonchev–Trinajstić information content (AvgIpc) is 2.01. The average molecular weight is 194 g/mol. The van der Waals surface area contributed by atoms with Gasteiger partial charge in [0.25, 0.3) is 5.69 Å². The van der Waals surface area contributed by atoms with Crippen LogP contribution in [0.15, 0.2) is 12.1 Å². The lowest BCUT2D eigenvalue weighted by Crippen LogP contribution is -2.12. The third kappa shape index (κ3) is 1.84. The number of hydrogen-bond donors (Lipinski definition) is 0. The van der Waals surface area contributed by atoms with E-state index in [1.807, 2.05) is 19.1 Å². The molecule has 0 spiro atoms. The molecule has 1 aromatic carbocycles. The van der Waals surface area contributed by atoms with E-state index in [2.05, 4.69) is 0 Å². The summed E-state index contributed by atoms with van der Waals surface area (Å²) in [6.45, 7) is 3.70. The van der Waals surface area contributed by atoms with Crippen molar-refractivity contribution < 1.29 is 4.92 Å². The Morgan fingerprint density at radius 2 is 1.86 bits per heavy atom. The number of nitro benzene ring substituents is 1. The van der Waals surface area contributed by atoms with E-state index in [0.29, 0.717) is 11.3 Å². The number of nitrogens with zero attached hydrogens (tertiary/aromatic N) is 2. The SMILES string of the molecule is Cc1cc(C)c([N+](=O)[O-])c(N(C)C)c1. The van der Waals surface area contributed by atoms with Gasteiger partial charge in [-0.15, -0.1) is 0 Å². The zero-order valence-electron chi connectivity index (χ0n) is 8.87. The molecule has 0 aliphatic rings. The van der Waals surface area contributed by atoms with Gasteiger partial charge in [0.15, 0.2) is 0 Å². The summed E-state index contributed by atoms with van der Waals surface area (Å²) in [4.78, 5) is 12.3. The molecule has 4 heteroatoms. The Kier molecular flexibility index (Phi) is 2.74. The van der Waals surface area contributed by atoms with Crippen molar-refractivity contribution in [1.82, 2.24) is 0 Å². The monoisotopic (exact) mass is 194 g/mol. The largest absolute Gasteiger partial charge is 0.372 e. The molecule has 0 heterocycles. The van der Waals surface area contributed by atoms with E-state index in [4.69, 9.17) is 0 Å². The van der Waals surface area contributed by atoms with Gasteiger partial charge in [-0.3, -0.25) is 10.1 Å². The van der Waals surface area contributed by atoms with Gasteiger partial charge < -0.3 is 4.90 Å². The predicted molar refractivity (Wildman–Crippen MR) is 56.9 cm³/mol. The van der Waals surface area contributed by atoms with E-state index >= 15 is 0 Å². The maximum absolute atomic E-state index is 10.8. The molecule has 0 unspecified atom stereocenters. The molecule has 0 aromatic heterocycles. The summed E-state index contributed by atoms with van der Waals surface area (Å²) in [7, 11) is 3.61. The molecule has 0 saturated carbocycles. The second-order valence-corrected chi connectivity index (χ2v) is 3.60. The summed E-state index contributed by atoms with van der Waals surface area (Å²) in [6.07, 6.45) is 0. The van der Waals surface area contributed by atoms with Gasteiger partial charge in [-0.25, -0.2) is 0 Å². The van der Waals surface area contributed by atoms with Crippen molar-refractivity contribution in [1.29, 1.82) is 0 Å². The number of aryl methyl sites for hydroxylation is 2. The molecular formula is C10H14N2O2. The number of nitro groups is 1. The van der Waals surface area contributed by atoms with Crippen LogP contribution in [0.25, 0.3) is 0 Å². The summed E-state index contributed by atoms with van der Waals surface area (Å²) in [5.41, 5.74) is 2.60. The van der Waals surface area contributed by atoms with E-state index in [1.165, 1.54) is 0 Å². The topological polar surface area (TPSA) is 46.4 Å². The Balaban J connectivity index is 3.44. The molecule has 0 aliphatic heterocycles. The fourth-order valence-electron chi connectivity index (χ4n) is 1.52. The first-order valence-corrected chi connectivity index (χ1v) is 4.36. The van der Waals surface area contributed by atoms with Gasteiger partial charge in [0.05, 0.1) is 4.92 Å². The fourth-order valence-corrected chi connectivity index (χ4v) is 1.52. The summed E-state index contributed by atoms with van der Waals surface area (Å²) in [6, 6.07) is 3.65. The first kappa shape index (κ1) is 10.5. The van der Waals surface area contributed by atoms with E-state index in [9.17, 15) is 10.1 Å². The molecule has 1 aromatic rings. The molecule has 0 fully saturated rings. The summed E-state index contributed by atoms with van der Waals surface area (Å²) in [5, 5.41) is 10.8. The van der Waals surface area contributed by atoms with Crippen LogP contribution in [0, 0.1) is 24.0 Å². The normalized spacial score (nSPS) is 10.0. The molecule has 0 atom stereocenters. The summed E-state index contributed by atoms with van der Waals surface area (Å²) >= 11 is 0. The van der Waals surface area contributed by atoms with Gasteiger partial charge in [-0.1, -0.05) is 0 Å². The van der Waals surface area contributed by atoms with E-state index in [0.717, 1.165) is 5.56 Å². The Morgan fingerprint density at radius 1 is 1.29 bits per heavy atom. The van der Waals surface area contributed by atoms with Crippen LogP contribution in [0.4, 0.5) is 11.4 Å². The Morgan fingerprint density at radius 3 is 2.29 bits per heavy atom. The Hall–Kier alpha value is -1.58. The minimum Gasteiger partial charge on any atom is -0.372 e. The Bertz CT molecular complexity index is 373. The van der Waals surface area contributed by atoms with Crippen LogP contribution in [0.5, 0.6) is 0 Å². The second kappa shape index (κ2) is 3.65. The third-order valence-corrected chi connectivity index (χ3v) is 2.09. The van der Waals surface area contributed by atoms with E-state index in [-0.39, 0.29) is 10.6 Å². The zero-order valence-corrected chi connectivity index (χ0v) is 8.87. The van der Waals surface area contributed by atoms with Crippen molar-refractivity contribution in [2.75, 3.05) is 19.0 Å². The molecule has 76 valence electrons. The third-order valence-electron chi connectivity index (χ3n) is 2.09. The zero-order chi connectivity index (χ0) is 10.9. The first-order valence-electron chi connectivity index (χ1n) is 4.36. The van der Waals surface area contributed by atoms with Crippen LogP contribution in [-0.2, 0) is 0 Å². The van der Waals surface area contributed by atoms with Crippen LogP contribution in [0.2, 0.25) is 0 Å². The van der Waals surface area contributed by atoms with Gasteiger partial charge in [0.2, 0.25) is 0 Å². The van der Waals surface area contributed by atoms with Gasteiger partial charge >= 0.3 is 0 Å². The number of benzene rings is 1.